The molecule has 1 aliphatic rings. The lowest BCUT2D eigenvalue weighted by atomic mass is 10.2. The van der Waals surface area contributed by atoms with Crippen molar-refractivity contribution >= 4 is 32.4 Å². The van der Waals surface area contributed by atoms with Crippen molar-refractivity contribution in [3.05, 3.63) is 70.7 Å². The van der Waals surface area contributed by atoms with Gasteiger partial charge in [-0.2, -0.15) is 4.31 Å². The second-order valence-corrected chi connectivity index (χ2v) is 10.1. The molecule has 1 aromatic heterocycles. The lowest BCUT2D eigenvalue weighted by Gasteiger charge is -2.24. The highest BCUT2D eigenvalue weighted by molar-refractivity contribution is 7.89. The number of anilines is 1. The Kier molecular flexibility index (Phi) is 5.85. The summed E-state index contributed by atoms with van der Waals surface area (Å²) >= 11 is 1.31. The van der Waals surface area contributed by atoms with Crippen LogP contribution in [-0.4, -0.2) is 35.9 Å². The number of benzene rings is 2. The van der Waals surface area contributed by atoms with Crippen molar-refractivity contribution in [2.45, 2.75) is 19.9 Å². The zero-order chi connectivity index (χ0) is 21.1. The molecule has 0 atom stereocenters. The Labute approximate surface area is 179 Å². The fraction of sp³-hybridized carbons (Fsp3) is 0.238. The van der Waals surface area contributed by atoms with Crippen molar-refractivity contribution < 1.29 is 17.9 Å². The summed E-state index contributed by atoms with van der Waals surface area (Å²) in [5.74, 6) is 0.830. The molecular weight excluding hydrogens is 422 g/mol. The van der Waals surface area contributed by atoms with Gasteiger partial charge in [-0.3, -0.25) is 10.1 Å². The van der Waals surface area contributed by atoms with Crippen LogP contribution in [0.1, 0.15) is 27.9 Å². The summed E-state index contributed by atoms with van der Waals surface area (Å²) in [7, 11) is -3.25. The van der Waals surface area contributed by atoms with E-state index in [0.29, 0.717) is 41.7 Å². The average molecular weight is 444 g/mol. The molecule has 0 radical (unpaired) electrons. The molecular formula is C21H21N3O4S2. The second-order valence-electron chi connectivity index (χ2n) is 6.74. The number of para-hydroxylation sites is 2. The van der Waals surface area contributed by atoms with Gasteiger partial charge in [0.15, 0.2) is 5.13 Å². The van der Waals surface area contributed by atoms with Gasteiger partial charge in [0.1, 0.15) is 11.5 Å². The molecule has 0 aliphatic carbocycles. The van der Waals surface area contributed by atoms with E-state index >= 15 is 0 Å². The van der Waals surface area contributed by atoms with Gasteiger partial charge in [0, 0.05) is 24.4 Å². The Morgan fingerprint density at radius 2 is 1.90 bits per heavy atom. The first-order valence-corrected chi connectivity index (χ1v) is 12.0. The van der Waals surface area contributed by atoms with Crippen LogP contribution in [-0.2, 0) is 23.0 Å². The molecule has 2 heterocycles. The Balaban J connectivity index is 1.51. The van der Waals surface area contributed by atoms with Crippen LogP contribution in [0.3, 0.4) is 0 Å². The normalized spacial score (nSPS) is 14.2. The molecule has 1 N–H and O–H groups in total. The molecule has 4 rings (SSSR count). The van der Waals surface area contributed by atoms with Gasteiger partial charge in [0.2, 0.25) is 10.0 Å². The van der Waals surface area contributed by atoms with Crippen LogP contribution < -0.4 is 10.1 Å². The van der Waals surface area contributed by atoms with E-state index in [1.807, 2.05) is 30.3 Å². The monoisotopic (exact) mass is 443 g/mol. The van der Waals surface area contributed by atoms with Crippen molar-refractivity contribution in [2.75, 3.05) is 17.6 Å². The third kappa shape index (κ3) is 4.38. The third-order valence-electron chi connectivity index (χ3n) is 4.78. The molecule has 7 nitrogen and oxygen atoms in total. The maximum absolute atomic E-state index is 12.9. The molecule has 2 aromatic carbocycles. The number of sulfonamides is 1. The first-order valence-electron chi connectivity index (χ1n) is 9.56. The zero-order valence-electron chi connectivity index (χ0n) is 16.4. The molecule has 1 aliphatic heterocycles. The van der Waals surface area contributed by atoms with Crippen LogP contribution >= 0.6 is 11.3 Å². The highest BCUT2D eigenvalue weighted by Crippen LogP contribution is 2.31. The van der Waals surface area contributed by atoms with Crippen LogP contribution in [0, 0.1) is 0 Å². The van der Waals surface area contributed by atoms with Crippen molar-refractivity contribution in [3.8, 4) is 11.5 Å². The van der Waals surface area contributed by atoms with E-state index in [2.05, 4.69) is 10.3 Å². The number of hydrogen-bond acceptors (Lipinski definition) is 6. The lowest BCUT2D eigenvalue weighted by molar-refractivity contribution is 0.102. The number of aromatic nitrogens is 1. The standard InChI is InChI=1S/C21H21N3O4S2/c1-2-30(26,27)24-13-12-17-19(14-24)29-21(22-17)23-20(25)16-10-6-7-11-18(16)28-15-8-4-3-5-9-15/h3-11H,2,12-14H2,1H3,(H,22,23,25). The van der Waals surface area contributed by atoms with Crippen molar-refractivity contribution in [1.29, 1.82) is 0 Å². The molecule has 0 spiro atoms. The lowest BCUT2D eigenvalue weighted by Crippen LogP contribution is -2.36. The third-order valence-corrected chi connectivity index (χ3v) is 7.60. The second kappa shape index (κ2) is 8.55. The van der Waals surface area contributed by atoms with E-state index < -0.39 is 10.0 Å². The molecule has 3 aromatic rings. The number of amides is 1. The molecule has 0 fully saturated rings. The number of thiazole rings is 1. The van der Waals surface area contributed by atoms with Gasteiger partial charge in [-0.05, 0) is 31.2 Å². The predicted octanol–water partition coefficient (Wildman–Crippen LogP) is 3.90. The quantitative estimate of drug-likeness (QED) is 0.624. The van der Waals surface area contributed by atoms with Gasteiger partial charge in [0.05, 0.1) is 17.0 Å². The van der Waals surface area contributed by atoms with Gasteiger partial charge in [-0.25, -0.2) is 13.4 Å². The topological polar surface area (TPSA) is 88.6 Å². The number of carbonyl (C=O) groups is 1. The number of fused-ring (bicyclic) bond motifs is 1. The highest BCUT2D eigenvalue weighted by Gasteiger charge is 2.28. The fourth-order valence-corrected chi connectivity index (χ4v) is 5.33. The van der Waals surface area contributed by atoms with E-state index in [1.54, 1.807) is 31.2 Å². The summed E-state index contributed by atoms with van der Waals surface area (Å²) in [5, 5.41) is 3.28. The number of nitrogens with zero attached hydrogens (tertiary/aromatic N) is 2. The number of carbonyl (C=O) groups excluding carboxylic acids is 1. The molecule has 0 saturated carbocycles. The maximum Gasteiger partial charge on any atom is 0.261 e. The Morgan fingerprint density at radius 1 is 1.17 bits per heavy atom. The molecule has 0 saturated heterocycles. The first-order chi connectivity index (χ1) is 14.5. The first kappa shape index (κ1) is 20.5. The van der Waals surface area contributed by atoms with Crippen molar-refractivity contribution in [1.82, 2.24) is 9.29 Å². The molecule has 9 heteroatoms. The number of rotatable bonds is 6. The van der Waals surface area contributed by atoms with Crippen LogP contribution in [0.4, 0.5) is 5.13 Å². The largest absolute Gasteiger partial charge is 0.457 e. The summed E-state index contributed by atoms with van der Waals surface area (Å²) in [4.78, 5) is 18.2. The van der Waals surface area contributed by atoms with Gasteiger partial charge in [-0.15, -0.1) is 11.3 Å². The highest BCUT2D eigenvalue weighted by atomic mass is 32.2. The van der Waals surface area contributed by atoms with Crippen molar-refractivity contribution in [3.63, 3.8) is 0 Å². The minimum Gasteiger partial charge on any atom is -0.457 e. The summed E-state index contributed by atoms with van der Waals surface area (Å²) < 4.78 is 31.6. The molecule has 30 heavy (non-hydrogen) atoms. The predicted molar refractivity (Wildman–Crippen MR) is 117 cm³/mol. The summed E-state index contributed by atoms with van der Waals surface area (Å²) in [6, 6.07) is 16.3. The Bertz CT molecular complexity index is 1160. The van der Waals surface area contributed by atoms with Gasteiger partial charge < -0.3 is 4.74 Å². The minimum atomic E-state index is -3.25. The summed E-state index contributed by atoms with van der Waals surface area (Å²) in [5.41, 5.74) is 1.23. The molecule has 156 valence electrons. The zero-order valence-corrected chi connectivity index (χ0v) is 18.0. The van der Waals surface area contributed by atoms with Gasteiger partial charge >= 0.3 is 0 Å². The van der Waals surface area contributed by atoms with E-state index in [1.165, 1.54) is 15.6 Å². The van der Waals surface area contributed by atoms with E-state index in [0.717, 1.165) is 10.6 Å². The molecule has 0 bridgehead atoms. The van der Waals surface area contributed by atoms with Crippen LogP contribution in [0.15, 0.2) is 54.6 Å². The average Bonchev–Trinajstić information content (AvgIpc) is 3.16. The van der Waals surface area contributed by atoms with Crippen molar-refractivity contribution in [2.24, 2.45) is 0 Å². The van der Waals surface area contributed by atoms with Crippen LogP contribution in [0.25, 0.3) is 0 Å². The van der Waals surface area contributed by atoms with E-state index in [9.17, 15) is 13.2 Å². The fourth-order valence-electron chi connectivity index (χ4n) is 3.17. The summed E-state index contributed by atoms with van der Waals surface area (Å²) in [6.45, 7) is 2.35. The smallest absolute Gasteiger partial charge is 0.261 e. The summed E-state index contributed by atoms with van der Waals surface area (Å²) in [6.07, 6.45) is 0.536. The van der Waals surface area contributed by atoms with Gasteiger partial charge in [0.25, 0.3) is 5.91 Å². The van der Waals surface area contributed by atoms with Crippen LogP contribution in [0.5, 0.6) is 11.5 Å². The van der Waals surface area contributed by atoms with Gasteiger partial charge in [-0.1, -0.05) is 30.3 Å². The number of nitrogens with one attached hydrogen (secondary N) is 1. The Hall–Kier alpha value is -2.75. The SMILES string of the molecule is CCS(=O)(=O)N1CCc2nc(NC(=O)c3ccccc3Oc3ccccc3)sc2C1. The molecule has 1 amide bonds. The van der Waals surface area contributed by atoms with Crippen LogP contribution in [0.2, 0.25) is 0 Å². The number of hydrogen-bond donors (Lipinski definition) is 1. The number of ether oxygens (including phenoxy) is 1. The maximum atomic E-state index is 12.9. The molecule has 0 unspecified atom stereocenters. The minimum absolute atomic E-state index is 0.0723. The van der Waals surface area contributed by atoms with E-state index in [-0.39, 0.29) is 11.7 Å². The Morgan fingerprint density at radius 3 is 2.67 bits per heavy atom. The van der Waals surface area contributed by atoms with E-state index in [4.69, 9.17) is 4.74 Å².